The number of hydrogen-bond acceptors (Lipinski definition) is 4. The van der Waals surface area contributed by atoms with Crippen molar-refractivity contribution in [3.05, 3.63) is 0 Å². The molecule has 0 amide bonds. The van der Waals surface area contributed by atoms with Gasteiger partial charge in [0.05, 0.1) is 16.4 Å². The molecule has 4 unspecified atom stereocenters. The van der Waals surface area contributed by atoms with E-state index >= 15 is 0 Å². The van der Waals surface area contributed by atoms with Crippen molar-refractivity contribution in [2.24, 2.45) is 0 Å². The SMILES string of the molecule is CCC(C)NC(CC)C(N[SiH3])(NC(C)CC)NC(C)CC. The van der Waals surface area contributed by atoms with Crippen LogP contribution in [0.5, 0.6) is 0 Å². The summed E-state index contributed by atoms with van der Waals surface area (Å²) in [4.78, 5) is 3.68. The molecule has 0 bridgehead atoms. The summed E-state index contributed by atoms with van der Waals surface area (Å²) in [7, 11) is 0.951. The Balaban J connectivity index is 5.27. The average molecular weight is 317 g/mol. The molecule has 0 saturated heterocycles. The summed E-state index contributed by atoms with van der Waals surface area (Å²) in [5.74, 6) is -0.213. The van der Waals surface area contributed by atoms with E-state index in [2.05, 4.69) is 69.4 Å². The molecule has 0 aromatic carbocycles. The Morgan fingerprint density at radius 2 is 1.19 bits per heavy atom. The van der Waals surface area contributed by atoms with E-state index in [-0.39, 0.29) is 5.79 Å². The quantitative estimate of drug-likeness (QED) is 0.325. The fraction of sp³-hybridized carbons (Fsp3) is 1.00. The first kappa shape index (κ1) is 21.1. The fourth-order valence-corrected chi connectivity index (χ4v) is 3.19. The lowest BCUT2D eigenvalue weighted by Gasteiger charge is -2.46. The first-order valence-corrected chi connectivity index (χ1v) is 9.89. The largest absolute Gasteiger partial charge is 0.315 e. The number of hydrogen-bond donors (Lipinski definition) is 4. The molecule has 0 aromatic heterocycles. The van der Waals surface area contributed by atoms with Gasteiger partial charge in [-0.2, -0.15) is 0 Å². The molecule has 0 aliphatic carbocycles. The molecular weight excluding hydrogens is 276 g/mol. The Morgan fingerprint density at radius 3 is 1.48 bits per heavy atom. The Labute approximate surface area is 136 Å². The highest BCUT2D eigenvalue weighted by Gasteiger charge is 2.38. The number of nitrogens with one attached hydrogen (secondary N) is 4. The third-order valence-corrected chi connectivity index (χ3v) is 5.38. The summed E-state index contributed by atoms with van der Waals surface area (Å²) in [6.45, 7) is 15.8. The van der Waals surface area contributed by atoms with Crippen LogP contribution in [0.4, 0.5) is 0 Å². The molecule has 4 atom stereocenters. The van der Waals surface area contributed by atoms with Gasteiger partial charge in [0.2, 0.25) is 0 Å². The van der Waals surface area contributed by atoms with Crippen LogP contribution in [0, 0.1) is 0 Å². The average Bonchev–Trinajstić information content (AvgIpc) is 2.50. The van der Waals surface area contributed by atoms with Crippen molar-refractivity contribution >= 4 is 10.4 Å². The van der Waals surface area contributed by atoms with Crippen LogP contribution in [-0.4, -0.2) is 40.4 Å². The topological polar surface area (TPSA) is 48.1 Å². The van der Waals surface area contributed by atoms with E-state index in [1.165, 1.54) is 0 Å². The molecule has 0 aliphatic rings. The second-order valence-corrected chi connectivity index (χ2v) is 6.90. The van der Waals surface area contributed by atoms with Gasteiger partial charge in [0.1, 0.15) is 5.79 Å². The van der Waals surface area contributed by atoms with Gasteiger partial charge in [-0.3, -0.25) is 10.6 Å². The normalized spacial score (nSPS) is 20.7. The summed E-state index contributed by atoms with van der Waals surface area (Å²) >= 11 is 0. The highest BCUT2D eigenvalue weighted by molar-refractivity contribution is 6.04. The van der Waals surface area contributed by atoms with Gasteiger partial charge in [0.25, 0.3) is 0 Å². The second-order valence-electron chi connectivity index (χ2n) is 6.40. The van der Waals surface area contributed by atoms with E-state index < -0.39 is 0 Å². The zero-order chi connectivity index (χ0) is 16.5. The molecule has 0 fully saturated rings. The van der Waals surface area contributed by atoms with Gasteiger partial charge in [0, 0.05) is 18.1 Å². The maximum atomic E-state index is 3.83. The summed E-state index contributed by atoms with van der Waals surface area (Å²) < 4.78 is 0. The number of rotatable bonds is 12. The maximum absolute atomic E-state index is 3.83. The van der Waals surface area contributed by atoms with Gasteiger partial charge >= 0.3 is 0 Å². The molecule has 4 N–H and O–H groups in total. The Kier molecular flexibility index (Phi) is 10.8. The van der Waals surface area contributed by atoms with Crippen molar-refractivity contribution < 1.29 is 0 Å². The van der Waals surface area contributed by atoms with E-state index in [0.29, 0.717) is 24.2 Å². The monoisotopic (exact) mass is 316 g/mol. The molecule has 21 heavy (non-hydrogen) atoms. The van der Waals surface area contributed by atoms with E-state index in [1.54, 1.807) is 0 Å². The molecule has 0 heterocycles. The third kappa shape index (κ3) is 6.78. The van der Waals surface area contributed by atoms with Crippen molar-refractivity contribution in [3.63, 3.8) is 0 Å². The summed E-state index contributed by atoms with van der Waals surface area (Å²) in [5, 5.41) is 11.5. The standard InChI is InChI=1S/C16H40N4Si/c1-8-12(5)17-15(11-4)16(20-21,18-13(6)9-2)19-14(7)10-3/h12-15,17-20H,8-11H2,1-7,21H3. The molecule has 5 heteroatoms. The molecule has 4 nitrogen and oxygen atoms in total. The Bertz CT molecular complexity index is 251. The van der Waals surface area contributed by atoms with Crippen LogP contribution in [-0.2, 0) is 0 Å². The van der Waals surface area contributed by atoms with E-state index in [1.807, 2.05) is 0 Å². The first-order valence-electron chi connectivity index (χ1n) is 8.89. The molecule has 128 valence electrons. The van der Waals surface area contributed by atoms with Crippen molar-refractivity contribution in [3.8, 4) is 0 Å². The van der Waals surface area contributed by atoms with Crippen LogP contribution in [0.3, 0.4) is 0 Å². The predicted octanol–water partition coefficient (Wildman–Crippen LogP) is 1.45. The lowest BCUT2D eigenvalue weighted by molar-refractivity contribution is 0.122. The molecule has 0 spiro atoms. The Morgan fingerprint density at radius 1 is 0.762 bits per heavy atom. The molecule has 0 aromatic rings. The molecular formula is C16H40N4Si. The van der Waals surface area contributed by atoms with Crippen LogP contribution in [0.2, 0.25) is 0 Å². The van der Waals surface area contributed by atoms with Crippen LogP contribution in [0.1, 0.15) is 74.1 Å². The lowest BCUT2D eigenvalue weighted by Crippen LogP contribution is -2.78. The molecule has 0 radical (unpaired) electrons. The second kappa shape index (κ2) is 10.7. The molecule has 0 aliphatic heterocycles. The lowest BCUT2D eigenvalue weighted by atomic mass is 10.0. The molecule has 0 saturated carbocycles. The van der Waals surface area contributed by atoms with Gasteiger partial charge in [-0.15, -0.1) is 0 Å². The minimum absolute atomic E-state index is 0.213. The van der Waals surface area contributed by atoms with E-state index in [9.17, 15) is 0 Å². The third-order valence-electron chi connectivity index (χ3n) is 4.60. The van der Waals surface area contributed by atoms with Crippen molar-refractivity contribution in [2.75, 3.05) is 0 Å². The maximum Gasteiger partial charge on any atom is 0.133 e. The summed E-state index contributed by atoms with van der Waals surface area (Å²) in [5.41, 5.74) is 0. The van der Waals surface area contributed by atoms with Crippen molar-refractivity contribution in [1.29, 1.82) is 0 Å². The summed E-state index contributed by atoms with van der Waals surface area (Å²) in [6.07, 6.45) is 4.51. The van der Waals surface area contributed by atoms with Crippen LogP contribution in [0.25, 0.3) is 0 Å². The summed E-state index contributed by atoms with van der Waals surface area (Å²) in [6, 6.07) is 1.86. The zero-order valence-corrected chi connectivity index (χ0v) is 17.6. The highest BCUT2D eigenvalue weighted by atomic mass is 28.2. The van der Waals surface area contributed by atoms with E-state index in [0.717, 1.165) is 36.1 Å². The van der Waals surface area contributed by atoms with Crippen LogP contribution >= 0.6 is 0 Å². The van der Waals surface area contributed by atoms with Gasteiger partial charge in [-0.05, 0) is 46.5 Å². The Hall–Kier alpha value is 0.0569. The first-order chi connectivity index (χ1) is 9.88. The minimum atomic E-state index is -0.213. The minimum Gasteiger partial charge on any atom is -0.315 e. The molecule has 0 rings (SSSR count). The van der Waals surface area contributed by atoms with Gasteiger partial charge in [0.15, 0.2) is 0 Å². The van der Waals surface area contributed by atoms with E-state index in [4.69, 9.17) is 0 Å². The van der Waals surface area contributed by atoms with Gasteiger partial charge in [-0.1, -0.05) is 27.7 Å². The zero-order valence-electron chi connectivity index (χ0n) is 15.6. The van der Waals surface area contributed by atoms with Crippen LogP contribution in [0.15, 0.2) is 0 Å². The van der Waals surface area contributed by atoms with Crippen molar-refractivity contribution in [2.45, 2.75) is 104 Å². The smallest absolute Gasteiger partial charge is 0.133 e. The van der Waals surface area contributed by atoms with Gasteiger partial charge < -0.3 is 10.3 Å². The fourth-order valence-electron chi connectivity index (χ4n) is 2.55. The van der Waals surface area contributed by atoms with Gasteiger partial charge in [-0.25, -0.2) is 0 Å². The van der Waals surface area contributed by atoms with Crippen molar-refractivity contribution in [1.82, 2.24) is 20.9 Å². The highest BCUT2D eigenvalue weighted by Crippen LogP contribution is 2.13. The predicted molar refractivity (Wildman–Crippen MR) is 98.6 cm³/mol. The van der Waals surface area contributed by atoms with Crippen LogP contribution < -0.4 is 20.9 Å².